The van der Waals surface area contributed by atoms with Gasteiger partial charge in [0.25, 0.3) is 0 Å². The summed E-state index contributed by atoms with van der Waals surface area (Å²) in [7, 11) is 0. The molecule has 9 rings (SSSR count). The standard InChI is InChI=1S/C41H26BrN3/c42-31-17-20-41-37(24-31)36-23-28(16-19-40(36)45(41)33-11-5-2-6-12-33)30-21-29(25-43-26-30)27-15-18-39-35(22-27)34-13-7-8-14-38(34)44(39)32-9-3-1-4-10-32/h1-26H. The van der Waals surface area contributed by atoms with Crippen molar-refractivity contribution in [3.05, 3.63) is 162 Å². The number of rotatable bonds is 4. The molecule has 4 heteroatoms. The highest BCUT2D eigenvalue weighted by molar-refractivity contribution is 9.10. The van der Waals surface area contributed by atoms with Gasteiger partial charge in [-0.25, -0.2) is 0 Å². The van der Waals surface area contributed by atoms with Gasteiger partial charge in [0, 0.05) is 60.9 Å². The molecule has 0 bridgehead atoms. The Kier molecular flexibility index (Phi) is 5.97. The van der Waals surface area contributed by atoms with E-state index in [9.17, 15) is 0 Å². The number of fused-ring (bicyclic) bond motifs is 6. The van der Waals surface area contributed by atoms with Crippen molar-refractivity contribution in [2.45, 2.75) is 0 Å². The van der Waals surface area contributed by atoms with Gasteiger partial charge >= 0.3 is 0 Å². The lowest BCUT2D eigenvalue weighted by atomic mass is 9.99. The number of hydrogen-bond acceptors (Lipinski definition) is 1. The Labute approximate surface area is 268 Å². The van der Waals surface area contributed by atoms with Crippen molar-refractivity contribution >= 4 is 59.5 Å². The minimum absolute atomic E-state index is 1.07. The predicted octanol–water partition coefficient (Wildman–Crippen LogP) is 11.4. The number of benzene rings is 6. The maximum absolute atomic E-state index is 4.72. The molecule has 6 aromatic carbocycles. The average molecular weight is 641 g/mol. The van der Waals surface area contributed by atoms with Crippen LogP contribution in [0.5, 0.6) is 0 Å². The summed E-state index contributed by atoms with van der Waals surface area (Å²) in [4.78, 5) is 4.72. The predicted molar refractivity (Wildman–Crippen MR) is 191 cm³/mol. The second kappa shape index (κ2) is 10.3. The van der Waals surface area contributed by atoms with Crippen molar-refractivity contribution in [3.63, 3.8) is 0 Å². The second-order valence-electron chi connectivity index (χ2n) is 11.4. The number of halogens is 1. The molecule has 9 aromatic rings. The zero-order valence-electron chi connectivity index (χ0n) is 24.2. The largest absolute Gasteiger partial charge is 0.309 e. The Balaban J connectivity index is 1.19. The summed E-state index contributed by atoms with van der Waals surface area (Å²) in [6, 6.07) is 52.1. The molecule has 0 N–H and O–H groups in total. The van der Waals surface area contributed by atoms with Crippen molar-refractivity contribution in [1.82, 2.24) is 14.1 Å². The fraction of sp³-hybridized carbons (Fsp3) is 0. The van der Waals surface area contributed by atoms with E-state index in [1.54, 1.807) is 0 Å². The number of hydrogen-bond donors (Lipinski definition) is 0. The third-order valence-electron chi connectivity index (χ3n) is 8.83. The topological polar surface area (TPSA) is 22.8 Å². The van der Waals surface area contributed by atoms with E-state index in [1.807, 2.05) is 12.4 Å². The van der Waals surface area contributed by atoms with Crippen LogP contribution in [0.4, 0.5) is 0 Å². The minimum atomic E-state index is 1.07. The lowest BCUT2D eigenvalue weighted by molar-refractivity contribution is 1.18. The first-order chi connectivity index (χ1) is 22.2. The summed E-state index contributed by atoms with van der Waals surface area (Å²) in [5, 5.41) is 4.91. The van der Waals surface area contributed by atoms with Gasteiger partial charge in [0.15, 0.2) is 0 Å². The van der Waals surface area contributed by atoms with Crippen molar-refractivity contribution in [1.29, 1.82) is 0 Å². The first kappa shape index (κ1) is 26.0. The van der Waals surface area contributed by atoms with Crippen molar-refractivity contribution in [3.8, 4) is 33.6 Å². The molecule has 45 heavy (non-hydrogen) atoms. The molecule has 0 aliphatic rings. The molecule has 0 saturated carbocycles. The summed E-state index contributed by atoms with van der Waals surface area (Å²) >= 11 is 3.71. The van der Waals surface area contributed by atoms with Gasteiger partial charge in [0.2, 0.25) is 0 Å². The van der Waals surface area contributed by atoms with Crippen LogP contribution in [-0.4, -0.2) is 14.1 Å². The second-order valence-corrected chi connectivity index (χ2v) is 12.4. The highest BCUT2D eigenvalue weighted by atomic mass is 79.9. The van der Waals surface area contributed by atoms with Crippen LogP contribution in [0.25, 0.3) is 77.2 Å². The molecule has 3 aromatic heterocycles. The first-order valence-electron chi connectivity index (χ1n) is 15.1. The minimum Gasteiger partial charge on any atom is -0.309 e. The molecule has 0 amide bonds. The number of aromatic nitrogens is 3. The van der Waals surface area contributed by atoms with Crippen LogP contribution in [-0.2, 0) is 0 Å². The molecular weight excluding hydrogens is 614 g/mol. The molecule has 0 spiro atoms. The van der Waals surface area contributed by atoms with Crippen LogP contribution >= 0.6 is 15.9 Å². The van der Waals surface area contributed by atoms with Gasteiger partial charge in [-0.2, -0.15) is 0 Å². The molecule has 3 heterocycles. The zero-order valence-corrected chi connectivity index (χ0v) is 25.8. The molecule has 212 valence electrons. The fourth-order valence-corrected chi connectivity index (χ4v) is 7.15. The highest BCUT2D eigenvalue weighted by Crippen LogP contribution is 2.38. The summed E-state index contributed by atoms with van der Waals surface area (Å²) < 4.78 is 5.76. The van der Waals surface area contributed by atoms with Gasteiger partial charge < -0.3 is 9.13 Å². The molecule has 0 saturated heterocycles. The first-order valence-corrected chi connectivity index (χ1v) is 15.9. The van der Waals surface area contributed by atoms with E-state index < -0.39 is 0 Å². The van der Waals surface area contributed by atoms with Gasteiger partial charge in [-0.05, 0) is 90.0 Å². The molecule has 0 atom stereocenters. The molecule has 0 unspecified atom stereocenters. The SMILES string of the molecule is Brc1ccc2c(c1)c1cc(-c3cncc(-c4ccc5c(c4)c4ccccc4n5-c4ccccc4)c3)ccc1n2-c1ccccc1. The van der Waals surface area contributed by atoms with Crippen LogP contribution in [0.1, 0.15) is 0 Å². The van der Waals surface area contributed by atoms with Crippen LogP contribution in [0.2, 0.25) is 0 Å². The Bertz CT molecular complexity index is 2540. The third kappa shape index (κ3) is 4.21. The summed E-state index contributed by atoms with van der Waals surface area (Å²) in [5.74, 6) is 0. The maximum Gasteiger partial charge on any atom is 0.0541 e. The lowest BCUT2D eigenvalue weighted by Gasteiger charge is -2.09. The van der Waals surface area contributed by atoms with E-state index in [0.717, 1.165) is 38.1 Å². The van der Waals surface area contributed by atoms with Gasteiger partial charge in [-0.15, -0.1) is 0 Å². The summed E-state index contributed by atoms with van der Waals surface area (Å²) in [6.45, 7) is 0. The van der Waals surface area contributed by atoms with Gasteiger partial charge in [0.05, 0.1) is 22.1 Å². The molecule has 0 radical (unpaired) electrons. The number of nitrogens with zero attached hydrogens (tertiary/aromatic N) is 3. The zero-order chi connectivity index (χ0) is 29.9. The monoisotopic (exact) mass is 639 g/mol. The smallest absolute Gasteiger partial charge is 0.0541 e. The fourth-order valence-electron chi connectivity index (χ4n) is 6.79. The van der Waals surface area contributed by atoms with Crippen LogP contribution in [0.3, 0.4) is 0 Å². The van der Waals surface area contributed by atoms with E-state index in [0.29, 0.717) is 0 Å². The summed E-state index contributed by atoms with van der Waals surface area (Å²) in [5.41, 5.74) is 11.6. The Morgan fingerprint density at radius 2 is 0.844 bits per heavy atom. The van der Waals surface area contributed by atoms with E-state index in [1.165, 1.54) is 43.6 Å². The average Bonchev–Trinajstić information content (AvgIpc) is 3.61. The van der Waals surface area contributed by atoms with E-state index in [-0.39, 0.29) is 0 Å². The molecule has 0 aliphatic heterocycles. The normalized spacial score (nSPS) is 11.7. The van der Waals surface area contributed by atoms with Crippen molar-refractivity contribution < 1.29 is 0 Å². The molecule has 0 aliphatic carbocycles. The van der Waals surface area contributed by atoms with E-state index in [2.05, 4.69) is 171 Å². The van der Waals surface area contributed by atoms with E-state index >= 15 is 0 Å². The number of para-hydroxylation sites is 3. The van der Waals surface area contributed by atoms with Gasteiger partial charge in [0.1, 0.15) is 0 Å². The Hall–Kier alpha value is -5.45. The van der Waals surface area contributed by atoms with Crippen LogP contribution < -0.4 is 0 Å². The van der Waals surface area contributed by atoms with Crippen molar-refractivity contribution in [2.24, 2.45) is 0 Å². The van der Waals surface area contributed by atoms with Crippen molar-refractivity contribution in [2.75, 3.05) is 0 Å². The van der Waals surface area contributed by atoms with Crippen LogP contribution in [0.15, 0.2) is 162 Å². The summed E-state index contributed by atoms with van der Waals surface area (Å²) in [6.07, 6.45) is 3.94. The van der Waals surface area contributed by atoms with Crippen LogP contribution in [0, 0.1) is 0 Å². The Morgan fingerprint density at radius 1 is 0.378 bits per heavy atom. The Morgan fingerprint density at radius 3 is 1.44 bits per heavy atom. The highest BCUT2D eigenvalue weighted by Gasteiger charge is 2.16. The molecule has 3 nitrogen and oxygen atoms in total. The lowest BCUT2D eigenvalue weighted by Crippen LogP contribution is -1.93. The quantitative estimate of drug-likeness (QED) is 0.188. The molecule has 0 fully saturated rings. The van der Waals surface area contributed by atoms with E-state index in [4.69, 9.17) is 4.98 Å². The number of pyridine rings is 1. The molecular formula is C41H26BrN3. The maximum atomic E-state index is 4.72. The third-order valence-corrected chi connectivity index (χ3v) is 9.33. The van der Waals surface area contributed by atoms with Gasteiger partial charge in [-0.3, -0.25) is 4.98 Å². The van der Waals surface area contributed by atoms with Gasteiger partial charge in [-0.1, -0.05) is 82.7 Å².